The highest BCUT2D eigenvalue weighted by atomic mass is 32.2. The predicted molar refractivity (Wildman–Crippen MR) is 87.6 cm³/mol. The second kappa shape index (κ2) is 5.96. The first kappa shape index (κ1) is 17.1. The maximum absolute atomic E-state index is 13.5. The van der Waals surface area contributed by atoms with Crippen LogP contribution in [0.1, 0.15) is 0 Å². The quantitative estimate of drug-likeness (QED) is 0.716. The van der Waals surface area contributed by atoms with Crippen LogP contribution in [0.15, 0.2) is 57.2 Å². The van der Waals surface area contributed by atoms with E-state index in [1.807, 2.05) is 0 Å². The van der Waals surface area contributed by atoms with Gasteiger partial charge in [-0.1, -0.05) is 0 Å². The Kier molecular flexibility index (Phi) is 4.08. The Morgan fingerprint density at radius 3 is 2.24 bits per heavy atom. The van der Waals surface area contributed by atoms with Crippen molar-refractivity contribution in [3.05, 3.63) is 64.5 Å². The molecule has 3 rings (SSSR count). The van der Waals surface area contributed by atoms with Crippen molar-refractivity contribution in [1.29, 1.82) is 0 Å². The van der Waals surface area contributed by atoms with E-state index in [0.717, 1.165) is 12.3 Å². The summed E-state index contributed by atoms with van der Waals surface area (Å²) < 4.78 is 58.7. The average Bonchev–Trinajstić information content (AvgIpc) is 2.59. The van der Waals surface area contributed by atoms with E-state index in [4.69, 9.17) is 4.74 Å². The van der Waals surface area contributed by atoms with Gasteiger partial charge in [-0.05, 0) is 30.3 Å². The van der Waals surface area contributed by atoms with Gasteiger partial charge in [0.05, 0.1) is 22.9 Å². The lowest BCUT2D eigenvalue weighted by atomic mass is 10.2. The summed E-state index contributed by atoms with van der Waals surface area (Å²) in [7, 11) is -1.25. The molecule has 0 unspecified atom stereocenters. The van der Waals surface area contributed by atoms with Crippen LogP contribution in [-0.2, 0) is 16.9 Å². The van der Waals surface area contributed by atoms with Gasteiger partial charge in [0.1, 0.15) is 10.6 Å². The van der Waals surface area contributed by atoms with Crippen LogP contribution in [0.25, 0.3) is 10.9 Å². The summed E-state index contributed by atoms with van der Waals surface area (Å²) in [5.41, 5.74) is -0.791. The van der Waals surface area contributed by atoms with Gasteiger partial charge in [0.2, 0.25) is 15.3 Å². The summed E-state index contributed by atoms with van der Waals surface area (Å²) >= 11 is 0. The summed E-state index contributed by atoms with van der Waals surface area (Å²) in [5, 5.41) is -0.212. The van der Waals surface area contributed by atoms with Gasteiger partial charge in [-0.15, -0.1) is 0 Å². The second-order valence-corrected chi connectivity index (χ2v) is 7.31. The van der Waals surface area contributed by atoms with Crippen molar-refractivity contribution in [2.24, 2.45) is 7.05 Å². The van der Waals surface area contributed by atoms with Crippen molar-refractivity contribution in [3.8, 4) is 5.75 Å². The average molecular weight is 365 g/mol. The zero-order chi connectivity index (χ0) is 18.4. The standard InChI is InChI=1S/C17H13F2NO4S/c1-20-9-16(17(21)12-7-13(18)14(19)8-15(12)20)25(22,23)11-5-3-10(24-2)4-6-11/h3-9H,1-2H3. The number of halogens is 2. The topological polar surface area (TPSA) is 65.4 Å². The number of fused-ring (bicyclic) bond motifs is 1. The molecule has 3 aromatic rings. The predicted octanol–water partition coefficient (Wildman–Crippen LogP) is 2.66. The summed E-state index contributed by atoms with van der Waals surface area (Å²) in [6.45, 7) is 0. The number of rotatable bonds is 3. The van der Waals surface area contributed by atoms with Crippen molar-refractivity contribution in [2.45, 2.75) is 9.79 Å². The molecule has 0 radical (unpaired) electrons. The van der Waals surface area contributed by atoms with Gasteiger partial charge in [-0.3, -0.25) is 4.79 Å². The summed E-state index contributed by atoms with van der Waals surface area (Å²) in [6, 6.07) is 7.09. The van der Waals surface area contributed by atoms with Gasteiger partial charge >= 0.3 is 0 Å². The number of pyridine rings is 1. The van der Waals surface area contributed by atoms with Gasteiger partial charge in [0.15, 0.2) is 11.6 Å². The highest BCUT2D eigenvalue weighted by Crippen LogP contribution is 2.23. The van der Waals surface area contributed by atoms with Crippen molar-refractivity contribution < 1.29 is 21.9 Å². The molecule has 0 N–H and O–H groups in total. The lowest BCUT2D eigenvalue weighted by Gasteiger charge is -2.11. The zero-order valence-electron chi connectivity index (χ0n) is 13.3. The number of hydrogen-bond acceptors (Lipinski definition) is 4. The fourth-order valence-corrected chi connectivity index (χ4v) is 3.92. The van der Waals surface area contributed by atoms with Crippen LogP contribution in [0.3, 0.4) is 0 Å². The first-order valence-electron chi connectivity index (χ1n) is 7.13. The number of methoxy groups -OCH3 is 1. The molecule has 130 valence electrons. The minimum Gasteiger partial charge on any atom is -0.497 e. The second-order valence-electron chi connectivity index (χ2n) is 5.40. The molecular formula is C17H13F2NO4S. The normalized spacial score (nSPS) is 11.7. The number of benzene rings is 2. The molecule has 0 aliphatic heterocycles. The Labute approximate surface area is 142 Å². The number of aromatic nitrogens is 1. The van der Waals surface area contributed by atoms with Gasteiger partial charge in [-0.2, -0.15) is 0 Å². The third-order valence-electron chi connectivity index (χ3n) is 3.86. The molecule has 2 aromatic carbocycles. The smallest absolute Gasteiger partial charge is 0.211 e. The van der Waals surface area contributed by atoms with Crippen molar-refractivity contribution in [1.82, 2.24) is 4.57 Å². The number of sulfone groups is 1. The Hall–Kier alpha value is -2.74. The van der Waals surface area contributed by atoms with E-state index in [1.54, 1.807) is 0 Å². The molecule has 0 aliphatic carbocycles. The fraction of sp³-hybridized carbons (Fsp3) is 0.118. The number of nitrogens with zero attached hydrogens (tertiary/aromatic N) is 1. The maximum Gasteiger partial charge on any atom is 0.211 e. The molecule has 0 saturated heterocycles. The molecule has 0 aliphatic rings. The van der Waals surface area contributed by atoms with E-state index in [9.17, 15) is 22.0 Å². The van der Waals surface area contributed by atoms with E-state index in [1.165, 1.54) is 43.0 Å². The van der Waals surface area contributed by atoms with E-state index in [0.29, 0.717) is 11.8 Å². The van der Waals surface area contributed by atoms with Crippen LogP contribution >= 0.6 is 0 Å². The lowest BCUT2D eigenvalue weighted by Crippen LogP contribution is -2.18. The number of ether oxygens (including phenoxy) is 1. The SMILES string of the molecule is COc1ccc(S(=O)(=O)c2cn(C)c3cc(F)c(F)cc3c2=O)cc1. The first-order valence-corrected chi connectivity index (χ1v) is 8.61. The largest absolute Gasteiger partial charge is 0.497 e. The molecule has 0 fully saturated rings. The van der Waals surface area contributed by atoms with Crippen LogP contribution in [-0.4, -0.2) is 20.1 Å². The van der Waals surface area contributed by atoms with Gasteiger partial charge < -0.3 is 9.30 Å². The molecule has 1 heterocycles. The molecule has 8 heteroatoms. The molecule has 5 nitrogen and oxygen atoms in total. The zero-order valence-corrected chi connectivity index (χ0v) is 14.1. The van der Waals surface area contributed by atoms with E-state index in [-0.39, 0.29) is 15.8 Å². The Balaban J connectivity index is 2.29. The Morgan fingerprint density at radius 1 is 1.04 bits per heavy atom. The molecule has 0 bridgehead atoms. The minimum absolute atomic E-state index is 0.0950. The number of aryl methyl sites for hydroxylation is 1. The molecule has 1 aromatic heterocycles. The maximum atomic E-state index is 13.5. The van der Waals surface area contributed by atoms with Crippen LogP contribution in [0.5, 0.6) is 5.75 Å². The molecule has 0 atom stereocenters. The van der Waals surface area contributed by atoms with E-state index >= 15 is 0 Å². The Morgan fingerprint density at radius 2 is 1.64 bits per heavy atom. The van der Waals surface area contributed by atoms with Crippen molar-refractivity contribution in [2.75, 3.05) is 7.11 Å². The van der Waals surface area contributed by atoms with Gasteiger partial charge in [0, 0.05) is 19.3 Å². The van der Waals surface area contributed by atoms with Crippen molar-refractivity contribution in [3.63, 3.8) is 0 Å². The van der Waals surface area contributed by atoms with Crippen LogP contribution in [0.2, 0.25) is 0 Å². The van der Waals surface area contributed by atoms with E-state index < -0.39 is 31.8 Å². The van der Waals surface area contributed by atoms with Crippen LogP contribution < -0.4 is 10.2 Å². The fourth-order valence-electron chi connectivity index (χ4n) is 2.52. The molecular weight excluding hydrogens is 352 g/mol. The highest BCUT2D eigenvalue weighted by Gasteiger charge is 2.24. The lowest BCUT2D eigenvalue weighted by molar-refractivity contribution is 0.414. The van der Waals surface area contributed by atoms with Gasteiger partial charge in [-0.25, -0.2) is 17.2 Å². The molecule has 25 heavy (non-hydrogen) atoms. The number of hydrogen-bond donors (Lipinski definition) is 0. The Bertz CT molecular complexity index is 1140. The van der Waals surface area contributed by atoms with Crippen LogP contribution in [0.4, 0.5) is 8.78 Å². The van der Waals surface area contributed by atoms with Gasteiger partial charge in [0.25, 0.3) is 0 Å². The summed E-state index contributed by atoms with van der Waals surface area (Å²) in [6.07, 6.45) is 1.10. The third kappa shape index (κ3) is 2.78. The summed E-state index contributed by atoms with van der Waals surface area (Å²) in [5.74, 6) is -1.88. The minimum atomic E-state index is -4.14. The van der Waals surface area contributed by atoms with E-state index in [2.05, 4.69) is 0 Å². The first-order chi connectivity index (χ1) is 11.8. The molecule has 0 amide bonds. The molecule has 0 saturated carbocycles. The molecule has 0 spiro atoms. The summed E-state index contributed by atoms with van der Waals surface area (Å²) in [4.78, 5) is 12.0. The van der Waals surface area contributed by atoms with Crippen molar-refractivity contribution >= 4 is 20.7 Å². The highest BCUT2D eigenvalue weighted by molar-refractivity contribution is 7.91. The monoisotopic (exact) mass is 365 g/mol. The third-order valence-corrected chi connectivity index (χ3v) is 5.62. The van der Waals surface area contributed by atoms with Crippen LogP contribution in [0, 0.1) is 11.6 Å².